The number of likely N-dealkylation sites (N-methyl/N-ethyl adjacent to an activating group) is 1. The molecule has 28 heavy (non-hydrogen) atoms. The Kier molecular flexibility index (Phi) is 11.5. The number of nitrogens with one attached hydrogen (secondary N) is 3. The molecule has 0 aliphatic rings. The molecule has 158 valence electrons. The number of benzene rings is 1. The lowest BCUT2D eigenvalue weighted by molar-refractivity contribution is -0.123. The van der Waals surface area contributed by atoms with Crippen LogP contribution in [-0.2, 0) is 11.3 Å². The van der Waals surface area contributed by atoms with Crippen LogP contribution in [0.2, 0.25) is 0 Å². The van der Waals surface area contributed by atoms with E-state index in [2.05, 4.69) is 41.7 Å². The number of carbonyl (C=O) groups is 1. The fourth-order valence-electron chi connectivity index (χ4n) is 2.65. The topological polar surface area (TPSA) is 84.0 Å². The maximum absolute atomic E-state index is 11.6. The van der Waals surface area contributed by atoms with Crippen molar-refractivity contribution in [2.24, 2.45) is 10.9 Å². The first-order chi connectivity index (χ1) is 13.6. The minimum Gasteiger partial charge on any atom is -0.493 e. The van der Waals surface area contributed by atoms with Crippen molar-refractivity contribution in [3.63, 3.8) is 0 Å². The summed E-state index contributed by atoms with van der Waals surface area (Å²) in [5.41, 5.74) is 1.00. The van der Waals surface area contributed by atoms with Crippen LogP contribution in [0.25, 0.3) is 0 Å². The van der Waals surface area contributed by atoms with Gasteiger partial charge >= 0.3 is 0 Å². The number of carbonyl (C=O) groups excluding carboxylic acids is 1. The Morgan fingerprint density at radius 1 is 1.04 bits per heavy atom. The highest BCUT2D eigenvalue weighted by atomic mass is 16.5. The second kappa shape index (κ2) is 13.7. The van der Waals surface area contributed by atoms with E-state index in [1.165, 1.54) is 0 Å². The standard InChI is InChI=1S/C21H36N4O3/c1-6-16(7-2)13-24-21(23-9-4)25-14-17-10-11-18(19(12-17)27-5)28-15-20(26)22-8-3/h10-12,16H,6-9,13-15H2,1-5H3,(H,22,26)(H2,23,24,25). The molecule has 1 amide bonds. The quantitative estimate of drug-likeness (QED) is 0.376. The lowest BCUT2D eigenvalue weighted by atomic mass is 10.0. The van der Waals surface area contributed by atoms with Crippen molar-refractivity contribution in [1.82, 2.24) is 16.0 Å². The summed E-state index contributed by atoms with van der Waals surface area (Å²) in [7, 11) is 1.59. The lowest BCUT2D eigenvalue weighted by Gasteiger charge is -2.16. The highest BCUT2D eigenvalue weighted by molar-refractivity contribution is 5.79. The van der Waals surface area contributed by atoms with Crippen LogP contribution >= 0.6 is 0 Å². The fraction of sp³-hybridized carbons (Fsp3) is 0.619. The molecule has 0 aliphatic carbocycles. The van der Waals surface area contributed by atoms with Crippen LogP contribution in [0.5, 0.6) is 11.5 Å². The molecule has 1 rings (SSSR count). The van der Waals surface area contributed by atoms with Crippen LogP contribution in [0, 0.1) is 5.92 Å². The second-order valence-corrected chi connectivity index (χ2v) is 6.49. The average molecular weight is 393 g/mol. The normalized spacial score (nSPS) is 11.3. The van der Waals surface area contributed by atoms with Gasteiger partial charge in [-0.3, -0.25) is 4.79 Å². The minimum atomic E-state index is -0.156. The van der Waals surface area contributed by atoms with Gasteiger partial charge < -0.3 is 25.4 Å². The third-order valence-electron chi connectivity index (χ3n) is 4.44. The highest BCUT2D eigenvalue weighted by Gasteiger charge is 2.09. The molecule has 0 fully saturated rings. The molecule has 3 N–H and O–H groups in total. The number of amides is 1. The highest BCUT2D eigenvalue weighted by Crippen LogP contribution is 2.28. The van der Waals surface area contributed by atoms with E-state index in [1.54, 1.807) is 7.11 Å². The first kappa shape index (κ1) is 23.6. The van der Waals surface area contributed by atoms with Gasteiger partial charge in [0.15, 0.2) is 24.1 Å². The number of methoxy groups -OCH3 is 1. The predicted octanol–water partition coefficient (Wildman–Crippen LogP) is 2.70. The van der Waals surface area contributed by atoms with E-state index in [9.17, 15) is 4.79 Å². The van der Waals surface area contributed by atoms with Crippen molar-refractivity contribution in [1.29, 1.82) is 0 Å². The SMILES string of the molecule is CCNC(=O)COc1ccc(CN=C(NCC)NCC(CC)CC)cc1OC. The molecular formula is C21H36N4O3. The Morgan fingerprint density at radius 3 is 2.36 bits per heavy atom. The monoisotopic (exact) mass is 392 g/mol. The Hall–Kier alpha value is -2.44. The van der Waals surface area contributed by atoms with Gasteiger partial charge in [-0.05, 0) is 37.5 Å². The molecule has 0 aromatic heterocycles. The van der Waals surface area contributed by atoms with Crippen LogP contribution in [0.15, 0.2) is 23.2 Å². The van der Waals surface area contributed by atoms with Gasteiger partial charge in [0.2, 0.25) is 0 Å². The minimum absolute atomic E-state index is 0.0355. The second-order valence-electron chi connectivity index (χ2n) is 6.49. The van der Waals surface area contributed by atoms with Crippen molar-refractivity contribution in [2.45, 2.75) is 47.1 Å². The average Bonchev–Trinajstić information content (AvgIpc) is 2.71. The van der Waals surface area contributed by atoms with Gasteiger partial charge in [-0.1, -0.05) is 32.8 Å². The number of nitrogens with zero attached hydrogens (tertiary/aromatic N) is 1. The van der Waals surface area contributed by atoms with E-state index in [4.69, 9.17) is 9.47 Å². The summed E-state index contributed by atoms with van der Waals surface area (Å²) in [6.45, 7) is 11.1. The van der Waals surface area contributed by atoms with Gasteiger partial charge in [-0.2, -0.15) is 0 Å². The molecule has 0 atom stereocenters. The predicted molar refractivity (Wildman–Crippen MR) is 114 cm³/mol. The molecular weight excluding hydrogens is 356 g/mol. The summed E-state index contributed by atoms with van der Waals surface area (Å²) in [6, 6.07) is 5.64. The number of hydrogen-bond donors (Lipinski definition) is 3. The van der Waals surface area contributed by atoms with Gasteiger partial charge in [0.05, 0.1) is 13.7 Å². The Labute approximate surface area is 169 Å². The van der Waals surface area contributed by atoms with Gasteiger partial charge in [0, 0.05) is 19.6 Å². The van der Waals surface area contributed by atoms with Gasteiger partial charge in [0.25, 0.3) is 5.91 Å². The van der Waals surface area contributed by atoms with Crippen LogP contribution in [0.4, 0.5) is 0 Å². The van der Waals surface area contributed by atoms with Crippen molar-refractivity contribution in [3.8, 4) is 11.5 Å². The Morgan fingerprint density at radius 2 is 1.75 bits per heavy atom. The fourth-order valence-corrected chi connectivity index (χ4v) is 2.65. The van der Waals surface area contributed by atoms with Crippen LogP contribution in [0.3, 0.4) is 0 Å². The Bertz CT molecular complexity index is 616. The molecule has 7 heteroatoms. The van der Waals surface area contributed by atoms with E-state index < -0.39 is 0 Å². The summed E-state index contributed by atoms with van der Waals surface area (Å²) >= 11 is 0. The summed E-state index contributed by atoms with van der Waals surface area (Å²) in [5.74, 6) is 2.43. The number of hydrogen-bond acceptors (Lipinski definition) is 4. The number of guanidine groups is 1. The molecule has 0 aliphatic heterocycles. The smallest absolute Gasteiger partial charge is 0.257 e. The number of ether oxygens (including phenoxy) is 2. The van der Waals surface area contributed by atoms with Crippen molar-refractivity contribution in [3.05, 3.63) is 23.8 Å². The van der Waals surface area contributed by atoms with Gasteiger partial charge in [-0.15, -0.1) is 0 Å². The van der Waals surface area contributed by atoms with E-state index in [0.29, 0.717) is 30.5 Å². The number of aliphatic imine (C=N–C) groups is 1. The Balaban J connectivity index is 2.74. The van der Waals surface area contributed by atoms with Crippen LogP contribution in [0.1, 0.15) is 46.1 Å². The molecule has 0 saturated heterocycles. The largest absolute Gasteiger partial charge is 0.493 e. The molecule has 0 radical (unpaired) electrons. The van der Waals surface area contributed by atoms with Gasteiger partial charge in [-0.25, -0.2) is 4.99 Å². The first-order valence-electron chi connectivity index (χ1n) is 10.2. The summed E-state index contributed by atoms with van der Waals surface area (Å²) in [6.07, 6.45) is 2.30. The third-order valence-corrected chi connectivity index (χ3v) is 4.44. The van der Waals surface area contributed by atoms with E-state index in [1.807, 2.05) is 25.1 Å². The third kappa shape index (κ3) is 8.50. The molecule has 1 aromatic rings. The van der Waals surface area contributed by atoms with Gasteiger partial charge in [0.1, 0.15) is 0 Å². The first-order valence-corrected chi connectivity index (χ1v) is 10.2. The lowest BCUT2D eigenvalue weighted by Crippen LogP contribution is -2.39. The van der Waals surface area contributed by atoms with E-state index in [-0.39, 0.29) is 12.5 Å². The number of rotatable bonds is 12. The molecule has 0 unspecified atom stereocenters. The van der Waals surface area contributed by atoms with Crippen molar-refractivity contribution < 1.29 is 14.3 Å². The van der Waals surface area contributed by atoms with Crippen molar-refractivity contribution >= 4 is 11.9 Å². The van der Waals surface area contributed by atoms with Crippen LogP contribution in [-0.4, -0.2) is 45.2 Å². The summed E-state index contributed by atoms with van der Waals surface area (Å²) in [5, 5.41) is 9.40. The zero-order valence-electron chi connectivity index (χ0n) is 17.9. The van der Waals surface area contributed by atoms with Crippen molar-refractivity contribution in [2.75, 3.05) is 33.4 Å². The molecule has 0 spiro atoms. The molecule has 7 nitrogen and oxygen atoms in total. The zero-order chi connectivity index (χ0) is 20.8. The van der Waals surface area contributed by atoms with Crippen LogP contribution < -0.4 is 25.4 Å². The zero-order valence-corrected chi connectivity index (χ0v) is 17.9. The van der Waals surface area contributed by atoms with E-state index in [0.717, 1.165) is 37.5 Å². The molecule has 0 heterocycles. The molecule has 1 aromatic carbocycles. The van der Waals surface area contributed by atoms with E-state index >= 15 is 0 Å². The summed E-state index contributed by atoms with van der Waals surface area (Å²) < 4.78 is 11.0. The maximum atomic E-state index is 11.6. The molecule has 0 saturated carbocycles. The maximum Gasteiger partial charge on any atom is 0.257 e. The molecule has 0 bridgehead atoms. The summed E-state index contributed by atoms with van der Waals surface area (Å²) in [4.78, 5) is 16.2.